The summed E-state index contributed by atoms with van der Waals surface area (Å²) in [6, 6.07) is 6.71. The summed E-state index contributed by atoms with van der Waals surface area (Å²) in [6.07, 6.45) is 4.34. The van der Waals surface area contributed by atoms with Crippen molar-refractivity contribution in [1.29, 1.82) is 0 Å². The summed E-state index contributed by atoms with van der Waals surface area (Å²) in [5, 5.41) is 6.71. The molecule has 1 saturated heterocycles. The van der Waals surface area contributed by atoms with Gasteiger partial charge in [-0.1, -0.05) is 6.07 Å². The number of carbonyl (C=O) groups excluding carboxylic acids is 1. The largest absolute Gasteiger partial charge is 0.337 e. The van der Waals surface area contributed by atoms with Crippen LogP contribution in [0.2, 0.25) is 0 Å². The number of hydrogen-bond acceptors (Lipinski definition) is 3. The first-order valence-corrected chi connectivity index (χ1v) is 8.07. The second-order valence-electron chi connectivity index (χ2n) is 6.11. The fraction of sp³-hybridized carbons (Fsp3) is 0.588. The van der Waals surface area contributed by atoms with Crippen molar-refractivity contribution in [2.45, 2.75) is 31.7 Å². The Bertz CT molecular complexity index is 515. The second kappa shape index (κ2) is 6.58. The Morgan fingerprint density at radius 1 is 1.29 bits per heavy atom. The van der Waals surface area contributed by atoms with Crippen molar-refractivity contribution in [1.82, 2.24) is 15.5 Å². The minimum Gasteiger partial charge on any atom is -0.337 e. The summed E-state index contributed by atoms with van der Waals surface area (Å²) in [4.78, 5) is 14.7. The van der Waals surface area contributed by atoms with Gasteiger partial charge in [0.2, 0.25) is 0 Å². The lowest BCUT2D eigenvalue weighted by Crippen LogP contribution is -2.47. The molecule has 2 aliphatic heterocycles. The zero-order chi connectivity index (χ0) is 14.7. The lowest BCUT2D eigenvalue weighted by Gasteiger charge is -2.32. The van der Waals surface area contributed by atoms with E-state index in [4.69, 9.17) is 0 Å². The van der Waals surface area contributed by atoms with Crippen LogP contribution >= 0.6 is 0 Å². The van der Waals surface area contributed by atoms with Crippen LogP contribution < -0.4 is 10.6 Å². The Kier molecular flexibility index (Phi) is 4.56. The minimum atomic E-state index is 0.190. The van der Waals surface area contributed by atoms with E-state index in [9.17, 15) is 4.79 Å². The zero-order valence-corrected chi connectivity index (χ0v) is 12.8. The zero-order valence-electron chi connectivity index (χ0n) is 12.8. The number of amides is 1. The highest BCUT2D eigenvalue weighted by molar-refractivity contribution is 5.94. The number of likely N-dealkylation sites (N-methyl/N-ethyl adjacent to an activating group) is 1. The highest BCUT2D eigenvalue weighted by atomic mass is 16.2. The molecule has 1 amide bonds. The Balaban J connectivity index is 1.76. The Morgan fingerprint density at radius 3 is 2.90 bits per heavy atom. The summed E-state index contributed by atoms with van der Waals surface area (Å²) >= 11 is 0. The van der Waals surface area contributed by atoms with Crippen LogP contribution in [0.3, 0.4) is 0 Å². The number of hydrogen-bond donors (Lipinski definition) is 2. The highest BCUT2D eigenvalue weighted by Gasteiger charge is 2.24. The average Bonchev–Trinajstić information content (AvgIpc) is 2.78. The molecule has 2 N–H and O–H groups in total. The van der Waals surface area contributed by atoms with Gasteiger partial charge in [0.1, 0.15) is 0 Å². The predicted molar refractivity (Wildman–Crippen MR) is 84.7 cm³/mol. The molecule has 0 radical (unpaired) electrons. The predicted octanol–water partition coefficient (Wildman–Crippen LogP) is 1.20. The van der Waals surface area contributed by atoms with Crippen LogP contribution in [0.1, 0.15) is 34.3 Å². The number of carbonyl (C=O) groups is 1. The van der Waals surface area contributed by atoms with Crippen molar-refractivity contribution in [2.24, 2.45) is 0 Å². The lowest BCUT2D eigenvalue weighted by atomic mass is 9.98. The van der Waals surface area contributed by atoms with Gasteiger partial charge >= 0.3 is 0 Å². The minimum absolute atomic E-state index is 0.190. The number of fused-ring (bicyclic) bond motifs is 1. The van der Waals surface area contributed by atoms with Gasteiger partial charge in [-0.15, -0.1) is 0 Å². The molecule has 2 heterocycles. The molecule has 21 heavy (non-hydrogen) atoms. The monoisotopic (exact) mass is 287 g/mol. The quantitative estimate of drug-likeness (QED) is 0.859. The van der Waals surface area contributed by atoms with E-state index in [0.29, 0.717) is 6.04 Å². The van der Waals surface area contributed by atoms with Crippen LogP contribution in [0.4, 0.5) is 0 Å². The molecular formula is C17H25N3O. The van der Waals surface area contributed by atoms with Gasteiger partial charge in [0.25, 0.3) is 5.91 Å². The maximum absolute atomic E-state index is 12.7. The standard InChI is InChI=1S/C17H25N3O/c1-18-16-3-2-10-20(12-16)17(21)15-5-4-13-6-8-19-9-7-14(13)11-15/h4-5,11,16,18-19H,2-3,6-10,12H2,1H3. The van der Waals surface area contributed by atoms with Crippen LogP contribution in [0.25, 0.3) is 0 Å². The topological polar surface area (TPSA) is 44.4 Å². The molecule has 1 atom stereocenters. The van der Waals surface area contributed by atoms with Crippen LogP contribution in [-0.4, -0.2) is 50.1 Å². The van der Waals surface area contributed by atoms with E-state index >= 15 is 0 Å². The fourth-order valence-electron chi connectivity index (χ4n) is 3.39. The number of nitrogens with zero attached hydrogens (tertiary/aromatic N) is 1. The van der Waals surface area contributed by atoms with Gasteiger partial charge in [-0.05, 0) is 69.1 Å². The molecule has 1 aromatic rings. The molecule has 0 saturated carbocycles. The van der Waals surface area contributed by atoms with Gasteiger partial charge in [-0.25, -0.2) is 0 Å². The lowest BCUT2D eigenvalue weighted by molar-refractivity contribution is 0.0698. The maximum atomic E-state index is 12.7. The fourth-order valence-corrected chi connectivity index (χ4v) is 3.39. The van der Waals surface area contributed by atoms with Crippen molar-refractivity contribution in [3.8, 4) is 0 Å². The van der Waals surface area contributed by atoms with Gasteiger partial charge in [0, 0.05) is 24.7 Å². The molecule has 1 fully saturated rings. The third-order valence-corrected chi connectivity index (χ3v) is 4.71. The van der Waals surface area contributed by atoms with Crippen LogP contribution in [0.15, 0.2) is 18.2 Å². The van der Waals surface area contributed by atoms with E-state index in [-0.39, 0.29) is 5.91 Å². The van der Waals surface area contributed by atoms with Gasteiger partial charge < -0.3 is 15.5 Å². The number of piperidine rings is 1. The first-order valence-electron chi connectivity index (χ1n) is 8.07. The summed E-state index contributed by atoms with van der Waals surface area (Å²) in [7, 11) is 1.98. The Morgan fingerprint density at radius 2 is 2.10 bits per heavy atom. The Hall–Kier alpha value is -1.39. The third kappa shape index (κ3) is 3.27. The average molecular weight is 287 g/mol. The maximum Gasteiger partial charge on any atom is 0.253 e. The van der Waals surface area contributed by atoms with E-state index in [1.54, 1.807) is 0 Å². The second-order valence-corrected chi connectivity index (χ2v) is 6.11. The first kappa shape index (κ1) is 14.5. The van der Waals surface area contributed by atoms with Crippen LogP contribution in [-0.2, 0) is 12.8 Å². The van der Waals surface area contributed by atoms with Crippen molar-refractivity contribution in [2.75, 3.05) is 33.2 Å². The molecule has 1 unspecified atom stereocenters. The van der Waals surface area contributed by atoms with E-state index in [0.717, 1.165) is 57.4 Å². The molecule has 114 valence electrons. The van der Waals surface area contributed by atoms with E-state index in [1.165, 1.54) is 11.1 Å². The molecule has 1 aromatic carbocycles. The molecule has 4 heteroatoms. The third-order valence-electron chi connectivity index (χ3n) is 4.71. The van der Waals surface area contributed by atoms with Crippen LogP contribution in [0.5, 0.6) is 0 Å². The van der Waals surface area contributed by atoms with E-state index in [1.807, 2.05) is 18.0 Å². The normalized spacial score (nSPS) is 22.5. The molecule has 4 nitrogen and oxygen atoms in total. The van der Waals surface area contributed by atoms with Crippen molar-refractivity contribution in [3.05, 3.63) is 34.9 Å². The SMILES string of the molecule is CNC1CCCN(C(=O)c2ccc3c(c2)CCNCC3)C1. The Labute approximate surface area is 126 Å². The number of nitrogens with one attached hydrogen (secondary N) is 2. The number of likely N-dealkylation sites (tertiary alicyclic amines) is 1. The summed E-state index contributed by atoms with van der Waals surface area (Å²) in [5.74, 6) is 0.190. The number of benzene rings is 1. The molecule has 3 rings (SSSR count). The highest BCUT2D eigenvalue weighted by Crippen LogP contribution is 2.19. The summed E-state index contributed by atoms with van der Waals surface area (Å²) < 4.78 is 0. The summed E-state index contributed by atoms with van der Waals surface area (Å²) in [5.41, 5.74) is 3.59. The smallest absolute Gasteiger partial charge is 0.253 e. The molecule has 0 aliphatic carbocycles. The van der Waals surface area contributed by atoms with Crippen molar-refractivity contribution in [3.63, 3.8) is 0 Å². The van der Waals surface area contributed by atoms with E-state index in [2.05, 4.69) is 22.8 Å². The van der Waals surface area contributed by atoms with Gasteiger partial charge in [0.05, 0.1) is 0 Å². The van der Waals surface area contributed by atoms with Crippen molar-refractivity contribution < 1.29 is 4.79 Å². The van der Waals surface area contributed by atoms with Gasteiger partial charge in [0.15, 0.2) is 0 Å². The molecule has 0 aromatic heterocycles. The van der Waals surface area contributed by atoms with Gasteiger partial charge in [-0.2, -0.15) is 0 Å². The molecule has 0 spiro atoms. The first-order chi connectivity index (χ1) is 10.3. The van der Waals surface area contributed by atoms with E-state index < -0.39 is 0 Å². The summed E-state index contributed by atoms with van der Waals surface area (Å²) in [6.45, 7) is 3.76. The molecule has 0 bridgehead atoms. The molecular weight excluding hydrogens is 262 g/mol. The van der Waals surface area contributed by atoms with Gasteiger partial charge in [-0.3, -0.25) is 4.79 Å². The van der Waals surface area contributed by atoms with Crippen LogP contribution in [0, 0.1) is 0 Å². The molecule has 2 aliphatic rings. The number of rotatable bonds is 2. The van der Waals surface area contributed by atoms with Crippen molar-refractivity contribution >= 4 is 5.91 Å².